The maximum atomic E-state index is 12.2. The Bertz CT molecular complexity index is 856. The summed E-state index contributed by atoms with van der Waals surface area (Å²) >= 11 is 0. The summed E-state index contributed by atoms with van der Waals surface area (Å²) in [5, 5.41) is 6.92. The van der Waals surface area contributed by atoms with Crippen LogP contribution in [0, 0.1) is 0 Å². The number of piperidine rings is 1. The summed E-state index contributed by atoms with van der Waals surface area (Å²) in [5.41, 5.74) is 0.280. The number of sulfone groups is 2. The predicted molar refractivity (Wildman–Crippen MR) is 101 cm³/mol. The van der Waals surface area contributed by atoms with E-state index in [4.69, 9.17) is 0 Å². The molecule has 0 aliphatic carbocycles. The number of rotatable bonds is 4. The van der Waals surface area contributed by atoms with E-state index in [1.807, 2.05) is 0 Å². The number of hydrogen-bond donors (Lipinski definition) is 2. The van der Waals surface area contributed by atoms with Gasteiger partial charge in [-0.05, 0) is 58.7 Å². The van der Waals surface area contributed by atoms with E-state index in [-0.39, 0.29) is 26.9 Å². The molecule has 2 N–H and O–H groups in total. The highest BCUT2D eigenvalue weighted by Gasteiger charge is 2.38. The van der Waals surface area contributed by atoms with Crippen molar-refractivity contribution in [2.24, 2.45) is 0 Å². The minimum atomic E-state index is -3.57. The molecule has 0 bridgehead atoms. The van der Waals surface area contributed by atoms with Gasteiger partial charge in [0.15, 0.2) is 19.7 Å². The number of anilines is 1. The van der Waals surface area contributed by atoms with E-state index in [1.54, 1.807) is 6.07 Å². The Morgan fingerprint density at radius 3 is 1.92 bits per heavy atom. The zero-order valence-electron chi connectivity index (χ0n) is 15.7. The highest BCUT2D eigenvalue weighted by Crippen LogP contribution is 2.33. The molecule has 1 heterocycles. The summed E-state index contributed by atoms with van der Waals surface area (Å²) in [6, 6.07) is 4.32. The number of benzene rings is 1. The van der Waals surface area contributed by atoms with Crippen LogP contribution in [0.5, 0.6) is 0 Å². The maximum Gasteiger partial charge on any atom is 0.177 e. The minimum Gasteiger partial charge on any atom is -0.381 e. The number of nitrogens with one attached hydrogen (secondary N) is 2. The van der Waals surface area contributed by atoms with Crippen LogP contribution in [-0.2, 0) is 19.7 Å². The fourth-order valence-corrected chi connectivity index (χ4v) is 5.39. The highest BCUT2D eigenvalue weighted by atomic mass is 32.2. The van der Waals surface area contributed by atoms with Crippen molar-refractivity contribution in [1.82, 2.24) is 5.32 Å². The van der Waals surface area contributed by atoms with Crippen molar-refractivity contribution in [2.45, 2.75) is 67.4 Å². The third-order valence-corrected chi connectivity index (χ3v) is 6.58. The molecule has 0 spiro atoms. The fourth-order valence-electron chi connectivity index (χ4n) is 3.80. The van der Waals surface area contributed by atoms with Gasteiger partial charge >= 0.3 is 0 Å². The molecular formula is C17H28N2O4S2. The molecular weight excluding hydrogens is 360 g/mol. The second-order valence-electron chi connectivity index (χ2n) is 8.34. The largest absolute Gasteiger partial charge is 0.381 e. The average molecular weight is 389 g/mol. The van der Waals surface area contributed by atoms with Crippen LogP contribution < -0.4 is 10.6 Å². The molecule has 1 fully saturated rings. The van der Waals surface area contributed by atoms with Gasteiger partial charge in [-0.1, -0.05) is 0 Å². The van der Waals surface area contributed by atoms with Gasteiger partial charge in [-0.15, -0.1) is 0 Å². The van der Waals surface area contributed by atoms with E-state index < -0.39 is 19.7 Å². The lowest BCUT2D eigenvalue weighted by atomic mass is 9.79. The topological polar surface area (TPSA) is 92.3 Å². The van der Waals surface area contributed by atoms with Crippen LogP contribution >= 0.6 is 0 Å². The van der Waals surface area contributed by atoms with Crippen molar-refractivity contribution >= 4 is 25.4 Å². The van der Waals surface area contributed by atoms with Crippen molar-refractivity contribution in [3.05, 3.63) is 18.2 Å². The summed E-state index contributed by atoms with van der Waals surface area (Å²) in [4.78, 5) is 0.0222. The highest BCUT2D eigenvalue weighted by molar-refractivity contribution is 7.91. The first-order valence-electron chi connectivity index (χ1n) is 8.19. The SMILES string of the molecule is CC1(C)CC(Nc2ccc(S(C)(=O)=O)cc2S(C)(=O)=O)CC(C)(C)N1. The fraction of sp³-hybridized carbons (Fsp3) is 0.647. The van der Waals surface area contributed by atoms with E-state index in [9.17, 15) is 16.8 Å². The van der Waals surface area contributed by atoms with Crippen molar-refractivity contribution in [3.63, 3.8) is 0 Å². The van der Waals surface area contributed by atoms with E-state index in [0.717, 1.165) is 25.4 Å². The minimum absolute atomic E-state index is 0.00412. The van der Waals surface area contributed by atoms with Gasteiger partial charge in [0.1, 0.15) is 0 Å². The molecule has 6 nitrogen and oxygen atoms in total. The third kappa shape index (κ3) is 5.18. The predicted octanol–water partition coefficient (Wildman–Crippen LogP) is 2.21. The van der Waals surface area contributed by atoms with Crippen LogP contribution in [0.2, 0.25) is 0 Å². The molecule has 0 saturated carbocycles. The molecule has 0 aromatic heterocycles. The molecule has 0 unspecified atom stereocenters. The summed E-state index contributed by atoms with van der Waals surface area (Å²) < 4.78 is 47.9. The lowest BCUT2D eigenvalue weighted by Gasteiger charge is -2.47. The van der Waals surface area contributed by atoms with Crippen molar-refractivity contribution in [3.8, 4) is 0 Å². The second-order valence-corrected chi connectivity index (χ2v) is 12.3. The zero-order valence-corrected chi connectivity index (χ0v) is 17.3. The smallest absolute Gasteiger partial charge is 0.177 e. The molecule has 1 aliphatic rings. The Labute approximate surface area is 151 Å². The Morgan fingerprint density at radius 1 is 0.960 bits per heavy atom. The van der Waals surface area contributed by atoms with Gasteiger partial charge < -0.3 is 10.6 Å². The monoisotopic (exact) mass is 388 g/mol. The summed E-state index contributed by atoms with van der Waals surface area (Å²) in [7, 11) is -7.04. The first-order chi connectivity index (χ1) is 11.1. The molecule has 1 aliphatic heterocycles. The van der Waals surface area contributed by atoms with E-state index >= 15 is 0 Å². The maximum absolute atomic E-state index is 12.2. The normalized spacial score (nSPS) is 21.0. The van der Waals surface area contributed by atoms with Gasteiger partial charge in [-0.25, -0.2) is 16.8 Å². The molecule has 2 rings (SSSR count). The molecule has 0 atom stereocenters. The van der Waals surface area contributed by atoms with Gasteiger partial charge in [0.25, 0.3) is 0 Å². The lowest BCUT2D eigenvalue weighted by molar-refractivity contribution is 0.170. The van der Waals surface area contributed by atoms with Crippen LogP contribution in [0.15, 0.2) is 28.0 Å². The van der Waals surface area contributed by atoms with E-state index in [1.165, 1.54) is 12.1 Å². The quantitative estimate of drug-likeness (QED) is 0.822. The van der Waals surface area contributed by atoms with Crippen LogP contribution in [0.25, 0.3) is 0 Å². The lowest BCUT2D eigenvalue weighted by Crippen LogP contribution is -2.60. The van der Waals surface area contributed by atoms with Crippen LogP contribution in [0.4, 0.5) is 5.69 Å². The zero-order chi connectivity index (χ0) is 19.3. The van der Waals surface area contributed by atoms with E-state index in [0.29, 0.717) is 5.69 Å². The van der Waals surface area contributed by atoms with Crippen LogP contribution in [0.1, 0.15) is 40.5 Å². The molecule has 1 aromatic carbocycles. The molecule has 1 saturated heterocycles. The summed E-state index contributed by atoms with van der Waals surface area (Å²) in [6.45, 7) is 8.47. The average Bonchev–Trinajstić information content (AvgIpc) is 2.32. The first kappa shape index (κ1) is 20.2. The first-order valence-corrected chi connectivity index (χ1v) is 12.0. The number of hydrogen-bond acceptors (Lipinski definition) is 6. The van der Waals surface area contributed by atoms with Gasteiger partial charge in [-0.3, -0.25) is 0 Å². The molecule has 0 amide bonds. The summed E-state index contributed by atoms with van der Waals surface area (Å²) in [5.74, 6) is 0. The van der Waals surface area contributed by atoms with Gasteiger partial charge in [0.05, 0.1) is 15.5 Å². The Morgan fingerprint density at radius 2 is 1.48 bits per heavy atom. The molecule has 142 valence electrons. The molecule has 8 heteroatoms. The molecule has 25 heavy (non-hydrogen) atoms. The summed E-state index contributed by atoms with van der Waals surface area (Å²) in [6.07, 6.45) is 3.82. The standard InChI is InChI=1S/C17H28N2O4S2/c1-16(2)10-12(11-17(3,4)19-16)18-14-8-7-13(24(5,20)21)9-15(14)25(6,22)23/h7-9,12,18-19H,10-11H2,1-6H3. The van der Waals surface area contributed by atoms with Crippen LogP contribution in [0.3, 0.4) is 0 Å². The van der Waals surface area contributed by atoms with Gasteiger partial charge in [0.2, 0.25) is 0 Å². The van der Waals surface area contributed by atoms with Crippen molar-refractivity contribution in [2.75, 3.05) is 17.8 Å². The third-order valence-electron chi connectivity index (χ3n) is 4.33. The van der Waals surface area contributed by atoms with Gasteiger partial charge in [0, 0.05) is 29.6 Å². The molecule has 1 aromatic rings. The second kappa shape index (κ2) is 6.25. The molecule has 0 radical (unpaired) electrons. The van der Waals surface area contributed by atoms with Gasteiger partial charge in [-0.2, -0.15) is 0 Å². The van der Waals surface area contributed by atoms with Crippen molar-refractivity contribution in [1.29, 1.82) is 0 Å². The van der Waals surface area contributed by atoms with E-state index in [2.05, 4.69) is 38.3 Å². The Balaban J connectivity index is 2.43. The Hall–Kier alpha value is -1.12. The van der Waals surface area contributed by atoms with Crippen LogP contribution in [-0.4, -0.2) is 46.5 Å². The van der Waals surface area contributed by atoms with Crippen molar-refractivity contribution < 1.29 is 16.8 Å². The Kier molecular flexibility index (Phi) is 5.04.